The quantitative estimate of drug-likeness (QED) is 0.818. The number of aryl methyl sites for hydroxylation is 1. The molecule has 1 N–H and O–H groups in total. The number of esters is 1. The molecule has 0 unspecified atom stereocenters. The summed E-state index contributed by atoms with van der Waals surface area (Å²) in [6, 6.07) is 0. The number of aromatic nitrogens is 3. The molecule has 0 saturated heterocycles. The molecular weight excluding hydrogens is 353 g/mol. The molecule has 0 atom stereocenters. The molecule has 7 nitrogen and oxygen atoms in total. The summed E-state index contributed by atoms with van der Waals surface area (Å²) in [5.41, 5.74) is 1.34. The summed E-state index contributed by atoms with van der Waals surface area (Å²) in [5.74, 6) is -0.937. The van der Waals surface area contributed by atoms with Gasteiger partial charge in [-0.05, 0) is 19.4 Å². The maximum Gasteiger partial charge on any atom is 0.406 e. The minimum Gasteiger partial charge on any atom is -0.465 e. The molecule has 2 heterocycles. The Morgan fingerprint density at radius 3 is 2.58 bits per heavy atom. The number of alkyl halides is 3. The van der Waals surface area contributed by atoms with Crippen LogP contribution in [0, 0.1) is 13.8 Å². The van der Waals surface area contributed by atoms with E-state index in [-0.39, 0.29) is 23.6 Å². The molecule has 0 fully saturated rings. The first-order valence-electron chi connectivity index (χ1n) is 7.64. The third-order valence-electron chi connectivity index (χ3n) is 3.92. The molecule has 10 heteroatoms. The number of aromatic amines is 1. The van der Waals surface area contributed by atoms with Gasteiger partial charge in [0.05, 0.1) is 19.2 Å². The van der Waals surface area contributed by atoms with Crippen molar-refractivity contribution in [1.82, 2.24) is 19.4 Å². The lowest BCUT2D eigenvalue weighted by molar-refractivity contribution is -0.141. The topological polar surface area (TPSA) is 80.2 Å². The number of hydrogen-bond donors (Lipinski definition) is 1. The van der Waals surface area contributed by atoms with Gasteiger partial charge in [0.2, 0.25) is 0 Å². The second kappa shape index (κ2) is 7.22. The van der Waals surface area contributed by atoms with Crippen molar-refractivity contribution < 1.29 is 27.5 Å². The fraction of sp³-hybridized carbons (Fsp3) is 0.438. The fourth-order valence-corrected chi connectivity index (χ4v) is 2.68. The third kappa shape index (κ3) is 4.06. The van der Waals surface area contributed by atoms with Crippen LogP contribution in [0.3, 0.4) is 0 Å². The molecule has 0 aliphatic carbocycles. The first-order valence-corrected chi connectivity index (χ1v) is 7.64. The van der Waals surface area contributed by atoms with Crippen molar-refractivity contribution >= 4 is 11.9 Å². The third-order valence-corrected chi connectivity index (χ3v) is 3.92. The zero-order valence-corrected chi connectivity index (χ0v) is 14.8. The van der Waals surface area contributed by atoms with Crippen LogP contribution in [0.15, 0.2) is 12.4 Å². The molecule has 2 aromatic rings. The van der Waals surface area contributed by atoms with Gasteiger partial charge in [0.1, 0.15) is 18.1 Å². The maximum absolute atomic E-state index is 12.6. The largest absolute Gasteiger partial charge is 0.465 e. The number of nitrogens with one attached hydrogen (secondary N) is 1. The highest BCUT2D eigenvalue weighted by Gasteiger charge is 2.30. The monoisotopic (exact) mass is 372 g/mol. The molecule has 1 amide bonds. The average molecular weight is 372 g/mol. The number of halogens is 3. The van der Waals surface area contributed by atoms with Gasteiger partial charge in [-0.15, -0.1) is 0 Å². The number of hydrogen-bond acceptors (Lipinski definition) is 4. The van der Waals surface area contributed by atoms with Gasteiger partial charge < -0.3 is 19.2 Å². The van der Waals surface area contributed by atoms with Crippen molar-refractivity contribution in [3.05, 3.63) is 40.7 Å². The Bertz CT molecular complexity index is 823. The second-order valence-electron chi connectivity index (χ2n) is 5.86. The Hall–Kier alpha value is -2.78. The molecule has 26 heavy (non-hydrogen) atoms. The summed E-state index contributed by atoms with van der Waals surface area (Å²) in [5, 5.41) is 0. The van der Waals surface area contributed by atoms with Gasteiger partial charge in [0, 0.05) is 25.1 Å². The highest BCUT2D eigenvalue weighted by Crippen LogP contribution is 2.21. The minimum absolute atomic E-state index is 0.104. The van der Waals surface area contributed by atoms with Crippen LogP contribution in [-0.4, -0.2) is 51.6 Å². The van der Waals surface area contributed by atoms with Crippen molar-refractivity contribution in [3.8, 4) is 0 Å². The van der Waals surface area contributed by atoms with E-state index in [0.29, 0.717) is 11.3 Å². The van der Waals surface area contributed by atoms with E-state index in [2.05, 4.69) is 9.97 Å². The summed E-state index contributed by atoms with van der Waals surface area (Å²) in [6.07, 6.45) is -1.93. The van der Waals surface area contributed by atoms with Crippen molar-refractivity contribution in [2.24, 2.45) is 0 Å². The first kappa shape index (κ1) is 19.5. The fourth-order valence-electron chi connectivity index (χ4n) is 2.68. The Morgan fingerprint density at radius 2 is 2.00 bits per heavy atom. The number of rotatable bonds is 5. The van der Waals surface area contributed by atoms with Crippen molar-refractivity contribution in [3.63, 3.8) is 0 Å². The van der Waals surface area contributed by atoms with Gasteiger partial charge in [-0.3, -0.25) is 4.79 Å². The van der Waals surface area contributed by atoms with Crippen LogP contribution in [0.25, 0.3) is 0 Å². The van der Waals surface area contributed by atoms with Gasteiger partial charge in [-0.1, -0.05) is 0 Å². The number of ether oxygens (including phenoxy) is 1. The Balaban J connectivity index is 2.22. The lowest BCUT2D eigenvalue weighted by Gasteiger charge is -2.18. The standard InChI is InChI=1S/C16H19F3N4O3/c1-9-12(15(25)26-4)10(2)21-13(9)14(24)22(3)7-11-20-5-6-23(11)8-16(17,18)19/h5-6,21H,7-8H2,1-4H3. The number of H-pyrrole nitrogens is 1. The van der Waals surface area contributed by atoms with Crippen LogP contribution >= 0.6 is 0 Å². The van der Waals surface area contributed by atoms with E-state index in [0.717, 1.165) is 4.57 Å². The van der Waals surface area contributed by atoms with Crippen molar-refractivity contribution in [1.29, 1.82) is 0 Å². The van der Waals surface area contributed by atoms with Crippen LogP contribution in [0.2, 0.25) is 0 Å². The SMILES string of the molecule is COC(=O)c1c(C)[nH]c(C(=O)N(C)Cc2nccn2CC(F)(F)F)c1C. The Kier molecular flexibility index (Phi) is 5.43. The normalized spacial score (nSPS) is 11.5. The van der Waals surface area contributed by atoms with E-state index in [1.54, 1.807) is 13.8 Å². The molecule has 0 spiro atoms. The molecule has 0 bridgehead atoms. The molecule has 0 aromatic carbocycles. The smallest absolute Gasteiger partial charge is 0.406 e. The molecule has 0 aliphatic rings. The predicted octanol–water partition coefficient (Wildman–Crippen LogP) is 2.45. The van der Waals surface area contributed by atoms with E-state index in [9.17, 15) is 22.8 Å². The number of methoxy groups -OCH3 is 1. The molecule has 2 aromatic heterocycles. The van der Waals surface area contributed by atoms with Gasteiger partial charge in [-0.2, -0.15) is 13.2 Å². The number of carbonyl (C=O) groups excluding carboxylic acids is 2. The summed E-state index contributed by atoms with van der Waals surface area (Å²) >= 11 is 0. The molecule has 0 aliphatic heterocycles. The lowest BCUT2D eigenvalue weighted by atomic mass is 10.1. The molecule has 142 valence electrons. The van der Waals surface area contributed by atoms with E-state index in [4.69, 9.17) is 4.74 Å². The van der Waals surface area contributed by atoms with Crippen LogP contribution in [0.1, 0.15) is 37.9 Å². The maximum atomic E-state index is 12.6. The number of carbonyl (C=O) groups is 2. The van der Waals surface area contributed by atoms with Gasteiger partial charge in [0.15, 0.2) is 0 Å². The summed E-state index contributed by atoms with van der Waals surface area (Å²) in [6.45, 7) is 1.93. The van der Waals surface area contributed by atoms with Crippen LogP contribution in [0.5, 0.6) is 0 Å². The van der Waals surface area contributed by atoms with E-state index in [1.165, 1.54) is 31.5 Å². The van der Waals surface area contributed by atoms with Crippen molar-refractivity contribution in [2.45, 2.75) is 33.1 Å². The molecular formula is C16H19F3N4O3. The van der Waals surface area contributed by atoms with E-state index >= 15 is 0 Å². The Labute approximate surface area is 147 Å². The number of nitrogens with zero attached hydrogens (tertiary/aromatic N) is 3. The minimum atomic E-state index is -4.39. The number of imidazole rings is 1. The molecule has 0 radical (unpaired) electrons. The number of amides is 1. The average Bonchev–Trinajstić information content (AvgIpc) is 3.08. The van der Waals surface area contributed by atoms with E-state index in [1.807, 2.05) is 0 Å². The zero-order valence-electron chi connectivity index (χ0n) is 14.8. The van der Waals surface area contributed by atoms with Gasteiger partial charge in [0.25, 0.3) is 5.91 Å². The first-order chi connectivity index (χ1) is 12.0. The summed E-state index contributed by atoms with van der Waals surface area (Å²) in [7, 11) is 2.69. The summed E-state index contributed by atoms with van der Waals surface area (Å²) in [4.78, 5) is 32.4. The highest BCUT2D eigenvalue weighted by molar-refractivity contribution is 6.00. The van der Waals surface area contributed by atoms with Crippen LogP contribution < -0.4 is 0 Å². The summed E-state index contributed by atoms with van der Waals surface area (Å²) < 4.78 is 43.4. The second-order valence-corrected chi connectivity index (χ2v) is 5.86. The Morgan fingerprint density at radius 1 is 1.35 bits per heavy atom. The van der Waals surface area contributed by atoms with Crippen LogP contribution in [0.4, 0.5) is 13.2 Å². The predicted molar refractivity (Wildman–Crippen MR) is 85.7 cm³/mol. The van der Waals surface area contributed by atoms with Crippen molar-refractivity contribution in [2.75, 3.05) is 14.2 Å². The van der Waals surface area contributed by atoms with Crippen LogP contribution in [-0.2, 0) is 17.8 Å². The molecule has 2 rings (SSSR count). The van der Waals surface area contributed by atoms with E-state index < -0.39 is 24.6 Å². The molecule has 0 saturated carbocycles. The highest BCUT2D eigenvalue weighted by atomic mass is 19.4. The zero-order chi connectivity index (χ0) is 19.6. The lowest BCUT2D eigenvalue weighted by Crippen LogP contribution is -2.29. The van der Waals surface area contributed by atoms with Gasteiger partial charge in [-0.25, -0.2) is 9.78 Å². The van der Waals surface area contributed by atoms with Gasteiger partial charge >= 0.3 is 12.1 Å².